The number of aromatic nitrogens is 1. The maximum Gasteiger partial charge on any atom is 0.251 e. The van der Waals surface area contributed by atoms with Gasteiger partial charge in [-0.25, -0.2) is 4.98 Å². The molecule has 0 bridgehead atoms. The summed E-state index contributed by atoms with van der Waals surface area (Å²) in [5.74, 6) is 0.758. The molecule has 6 nitrogen and oxygen atoms in total. The van der Waals surface area contributed by atoms with E-state index in [1.165, 1.54) is 0 Å². The van der Waals surface area contributed by atoms with Crippen molar-refractivity contribution in [2.75, 3.05) is 44.7 Å². The van der Waals surface area contributed by atoms with Crippen molar-refractivity contribution in [3.05, 3.63) is 23.9 Å². The van der Waals surface area contributed by atoms with E-state index in [9.17, 15) is 4.79 Å². The summed E-state index contributed by atoms with van der Waals surface area (Å²) in [6.45, 7) is 8.11. The van der Waals surface area contributed by atoms with E-state index in [1.807, 2.05) is 19.9 Å². The minimum atomic E-state index is -0.414. The number of likely N-dealkylation sites (N-methyl/N-ethyl adjacent to an activating group) is 1. The maximum absolute atomic E-state index is 12.2. The number of nitrogens with two attached hydrogens (primary N) is 1. The molecular formula is C15H27Cl2N5O. The van der Waals surface area contributed by atoms with Crippen molar-refractivity contribution in [3.63, 3.8) is 0 Å². The largest absolute Gasteiger partial charge is 0.354 e. The number of rotatable bonds is 4. The third kappa shape index (κ3) is 6.91. The van der Waals surface area contributed by atoms with Crippen molar-refractivity contribution in [2.24, 2.45) is 5.73 Å². The number of anilines is 1. The Hall–Kier alpha value is -1.08. The van der Waals surface area contributed by atoms with Gasteiger partial charge in [-0.05, 0) is 33.0 Å². The number of piperazine rings is 1. The SMILES string of the molecule is CN1CCN(c2cc(C(=O)NCC(C)(C)N)ccn2)CC1.Cl.Cl. The van der Waals surface area contributed by atoms with Crippen LogP contribution in [0.1, 0.15) is 24.2 Å². The molecule has 1 aromatic rings. The van der Waals surface area contributed by atoms with Crippen LogP contribution in [0.2, 0.25) is 0 Å². The molecule has 2 rings (SSSR count). The van der Waals surface area contributed by atoms with E-state index < -0.39 is 5.54 Å². The number of carbonyl (C=O) groups is 1. The fourth-order valence-corrected chi connectivity index (χ4v) is 2.18. The molecule has 1 aliphatic heterocycles. The Morgan fingerprint density at radius 3 is 2.48 bits per heavy atom. The highest BCUT2D eigenvalue weighted by Crippen LogP contribution is 2.14. The molecule has 8 heteroatoms. The number of nitrogens with one attached hydrogen (secondary N) is 1. The standard InChI is InChI=1S/C15H25N5O.2ClH/c1-15(2,16)11-18-14(21)12-4-5-17-13(10-12)20-8-6-19(3)7-9-20;;/h4-5,10H,6-9,11,16H2,1-3H3,(H,18,21);2*1H. The molecule has 1 fully saturated rings. The van der Waals surface area contributed by atoms with Gasteiger partial charge in [0.1, 0.15) is 5.82 Å². The van der Waals surface area contributed by atoms with Crippen LogP contribution in [0.4, 0.5) is 5.82 Å². The van der Waals surface area contributed by atoms with Crippen LogP contribution in [0, 0.1) is 0 Å². The van der Waals surface area contributed by atoms with Crippen LogP contribution in [0.5, 0.6) is 0 Å². The van der Waals surface area contributed by atoms with Gasteiger partial charge in [0.25, 0.3) is 5.91 Å². The van der Waals surface area contributed by atoms with E-state index in [1.54, 1.807) is 12.3 Å². The van der Waals surface area contributed by atoms with Gasteiger partial charge in [-0.1, -0.05) is 0 Å². The number of hydrogen-bond donors (Lipinski definition) is 2. The Morgan fingerprint density at radius 2 is 1.91 bits per heavy atom. The van der Waals surface area contributed by atoms with Crippen molar-refractivity contribution in [1.82, 2.24) is 15.2 Å². The Morgan fingerprint density at radius 1 is 1.30 bits per heavy atom. The van der Waals surface area contributed by atoms with E-state index in [0.29, 0.717) is 12.1 Å². The Kier molecular flexibility index (Phi) is 8.84. The van der Waals surface area contributed by atoms with Gasteiger partial charge in [0.2, 0.25) is 0 Å². The zero-order chi connectivity index (χ0) is 15.5. The first-order valence-electron chi connectivity index (χ1n) is 7.32. The number of amides is 1. The lowest BCUT2D eigenvalue weighted by Crippen LogP contribution is -2.45. The van der Waals surface area contributed by atoms with Gasteiger partial charge in [0, 0.05) is 50.0 Å². The molecule has 0 spiro atoms. The van der Waals surface area contributed by atoms with Gasteiger partial charge in [0.05, 0.1) is 0 Å². The highest BCUT2D eigenvalue weighted by molar-refractivity contribution is 5.94. The van der Waals surface area contributed by atoms with Crippen LogP contribution in [0.3, 0.4) is 0 Å². The zero-order valence-corrected chi connectivity index (χ0v) is 15.5. The topological polar surface area (TPSA) is 74.5 Å². The Balaban J connectivity index is 0.00000242. The summed E-state index contributed by atoms with van der Waals surface area (Å²) in [6, 6.07) is 3.59. The first kappa shape index (κ1) is 21.9. The van der Waals surface area contributed by atoms with Crippen molar-refractivity contribution in [2.45, 2.75) is 19.4 Å². The van der Waals surface area contributed by atoms with Crippen LogP contribution in [0.15, 0.2) is 18.3 Å². The fourth-order valence-electron chi connectivity index (χ4n) is 2.18. The van der Waals surface area contributed by atoms with Crippen LogP contribution in [0.25, 0.3) is 0 Å². The summed E-state index contributed by atoms with van der Waals surface area (Å²) in [6.07, 6.45) is 1.69. The quantitative estimate of drug-likeness (QED) is 0.838. The lowest BCUT2D eigenvalue weighted by Gasteiger charge is -2.33. The van der Waals surface area contributed by atoms with Crippen LogP contribution in [-0.2, 0) is 0 Å². The minimum absolute atomic E-state index is 0. The van der Waals surface area contributed by atoms with Crippen molar-refractivity contribution < 1.29 is 4.79 Å². The second kappa shape index (κ2) is 9.27. The summed E-state index contributed by atoms with van der Waals surface area (Å²) >= 11 is 0. The smallest absolute Gasteiger partial charge is 0.251 e. The van der Waals surface area contributed by atoms with Gasteiger partial charge in [-0.2, -0.15) is 0 Å². The van der Waals surface area contributed by atoms with Crippen molar-refractivity contribution in [3.8, 4) is 0 Å². The zero-order valence-electron chi connectivity index (χ0n) is 13.9. The summed E-state index contributed by atoms with van der Waals surface area (Å²) in [4.78, 5) is 21.0. The molecule has 23 heavy (non-hydrogen) atoms. The number of carbonyl (C=O) groups excluding carboxylic acids is 1. The maximum atomic E-state index is 12.2. The molecule has 3 N–H and O–H groups in total. The van der Waals surface area contributed by atoms with Gasteiger partial charge >= 0.3 is 0 Å². The van der Waals surface area contributed by atoms with E-state index in [-0.39, 0.29) is 30.7 Å². The van der Waals surface area contributed by atoms with Crippen LogP contribution < -0.4 is 16.0 Å². The molecule has 2 heterocycles. The molecular weight excluding hydrogens is 337 g/mol. The van der Waals surface area contributed by atoms with Gasteiger partial charge < -0.3 is 20.9 Å². The molecule has 1 amide bonds. The first-order chi connectivity index (χ1) is 9.85. The molecule has 0 unspecified atom stereocenters. The van der Waals surface area contributed by atoms with Gasteiger partial charge in [-0.3, -0.25) is 4.79 Å². The highest BCUT2D eigenvalue weighted by Gasteiger charge is 2.17. The van der Waals surface area contributed by atoms with Crippen molar-refractivity contribution in [1.29, 1.82) is 0 Å². The molecule has 132 valence electrons. The second-order valence-corrected chi connectivity index (χ2v) is 6.36. The Bertz CT molecular complexity index is 499. The summed E-state index contributed by atoms with van der Waals surface area (Å²) in [5.41, 5.74) is 6.10. The third-order valence-electron chi connectivity index (χ3n) is 3.54. The number of nitrogens with zero attached hydrogens (tertiary/aromatic N) is 3. The van der Waals surface area contributed by atoms with Crippen LogP contribution in [-0.4, -0.2) is 61.1 Å². The lowest BCUT2D eigenvalue weighted by molar-refractivity contribution is 0.0946. The molecule has 0 saturated carbocycles. The van der Waals surface area contributed by atoms with E-state index >= 15 is 0 Å². The minimum Gasteiger partial charge on any atom is -0.354 e. The van der Waals surface area contributed by atoms with E-state index in [2.05, 4.69) is 27.1 Å². The van der Waals surface area contributed by atoms with E-state index in [4.69, 9.17) is 5.73 Å². The van der Waals surface area contributed by atoms with Gasteiger partial charge in [-0.15, -0.1) is 24.8 Å². The summed E-state index contributed by atoms with van der Waals surface area (Å²) in [5, 5.41) is 2.86. The molecule has 0 radical (unpaired) electrons. The monoisotopic (exact) mass is 363 g/mol. The van der Waals surface area contributed by atoms with Gasteiger partial charge in [0.15, 0.2) is 0 Å². The Labute approximate surface area is 150 Å². The first-order valence-corrected chi connectivity index (χ1v) is 7.32. The highest BCUT2D eigenvalue weighted by atomic mass is 35.5. The van der Waals surface area contributed by atoms with E-state index in [0.717, 1.165) is 32.0 Å². The third-order valence-corrected chi connectivity index (χ3v) is 3.54. The molecule has 1 aromatic heterocycles. The average molecular weight is 364 g/mol. The van der Waals surface area contributed by atoms with Crippen molar-refractivity contribution >= 4 is 36.5 Å². The number of halogens is 2. The molecule has 0 atom stereocenters. The summed E-state index contributed by atoms with van der Waals surface area (Å²) < 4.78 is 0. The summed E-state index contributed by atoms with van der Waals surface area (Å²) in [7, 11) is 2.11. The van der Waals surface area contributed by atoms with Crippen LogP contribution >= 0.6 is 24.8 Å². The molecule has 1 saturated heterocycles. The molecule has 1 aliphatic rings. The molecule has 0 aliphatic carbocycles. The normalized spacial score (nSPS) is 15.4. The number of pyridine rings is 1. The second-order valence-electron chi connectivity index (χ2n) is 6.36. The fraction of sp³-hybridized carbons (Fsp3) is 0.600. The molecule has 0 aromatic carbocycles. The predicted molar refractivity (Wildman–Crippen MR) is 99.0 cm³/mol. The average Bonchev–Trinajstić information content (AvgIpc) is 2.45. The lowest BCUT2D eigenvalue weighted by atomic mass is 10.1. The predicted octanol–water partition coefficient (Wildman–Crippen LogP) is 1.14. The number of hydrogen-bond acceptors (Lipinski definition) is 5.